The number of hydrogen-bond acceptors (Lipinski definition) is 8. The number of rotatable bonds is 14. The van der Waals surface area contributed by atoms with Crippen LogP contribution in [0.3, 0.4) is 0 Å². The Morgan fingerprint density at radius 3 is 2.24 bits per heavy atom. The molecule has 5 atom stereocenters. The summed E-state index contributed by atoms with van der Waals surface area (Å²) in [5.41, 5.74) is -0.469. The molecule has 5 amide bonds. The average Bonchev–Trinajstić information content (AvgIpc) is 3.94. The fraction of sp³-hybridized carbons (Fsp3) is 0.703. The fourth-order valence-electron chi connectivity index (χ4n) is 8.23. The van der Waals surface area contributed by atoms with E-state index < -0.39 is 64.6 Å². The largest absolute Gasteiger partial charge is 0.369 e. The number of likely N-dealkylation sites (tertiary alicyclic amines) is 1. The van der Waals surface area contributed by atoms with Gasteiger partial charge in [-0.25, -0.2) is 4.79 Å². The fourth-order valence-corrected chi connectivity index (χ4v) is 8.23. The number of nitrogens with zero attached hydrogens (tertiary/aromatic N) is 2. The monoisotopic (exact) mass is 694 g/mol. The molecule has 3 saturated carbocycles. The molecule has 0 radical (unpaired) electrons. The van der Waals surface area contributed by atoms with Gasteiger partial charge in [-0.3, -0.25) is 28.8 Å². The normalized spacial score (nSPS) is 24.0. The summed E-state index contributed by atoms with van der Waals surface area (Å²) >= 11 is 0. The lowest BCUT2D eigenvalue weighted by Crippen LogP contribution is -2.61. The Labute approximate surface area is 294 Å². The predicted octanol–water partition coefficient (Wildman–Crippen LogP) is 1.73. The van der Waals surface area contributed by atoms with Gasteiger partial charge in [-0.15, -0.1) is 6.58 Å². The Bertz CT molecular complexity index is 1590. The van der Waals surface area contributed by atoms with E-state index in [1.165, 1.54) is 6.08 Å². The van der Waals surface area contributed by atoms with Crippen LogP contribution in [0, 0.1) is 28.6 Å². The van der Waals surface area contributed by atoms with Crippen LogP contribution in [-0.4, -0.2) is 85.8 Å². The van der Waals surface area contributed by atoms with Crippen molar-refractivity contribution in [3.8, 4) is 0 Å². The van der Waals surface area contributed by atoms with E-state index in [1.807, 2.05) is 20.8 Å². The molecule has 13 heteroatoms. The number of anilines is 1. The number of piperidine rings is 1. The van der Waals surface area contributed by atoms with Crippen molar-refractivity contribution < 1.29 is 24.0 Å². The van der Waals surface area contributed by atoms with Crippen LogP contribution in [0.25, 0.3) is 0 Å². The molecule has 50 heavy (non-hydrogen) atoms. The minimum Gasteiger partial charge on any atom is -0.369 e. The maximum Gasteiger partial charge on any atom is 0.315 e. The second-order valence-electron chi connectivity index (χ2n) is 16.5. The number of amides is 5. The van der Waals surface area contributed by atoms with E-state index in [2.05, 4.69) is 41.7 Å². The Morgan fingerprint density at radius 2 is 1.64 bits per heavy atom. The van der Waals surface area contributed by atoms with Crippen LogP contribution in [-0.2, 0) is 19.2 Å². The third kappa shape index (κ3) is 7.51. The molecule has 3 aliphatic carbocycles. The molecule has 1 heterocycles. The SMILES string of the molecule is C=CCNC(=O)C(=O)CNC(=O)[C@@H]1[C@@H]2[C@H](CN1C(=O)[C@@H](NC(=O)N[C@H](CN(C)c1c(C3CC3)c(=O)c1=O)C(C)(C)C)C1CCCCC1)C2(C)C. The second kappa shape index (κ2) is 14.3. The van der Waals surface area contributed by atoms with Gasteiger partial charge in [0, 0.05) is 32.2 Å². The number of nitrogens with one attached hydrogen (secondary N) is 4. The van der Waals surface area contributed by atoms with E-state index >= 15 is 0 Å². The summed E-state index contributed by atoms with van der Waals surface area (Å²) in [6, 6.07) is -2.66. The minimum atomic E-state index is -0.870. The van der Waals surface area contributed by atoms with Gasteiger partial charge >= 0.3 is 6.03 Å². The summed E-state index contributed by atoms with van der Waals surface area (Å²) in [4.78, 5) is 94.6. The number of Topliss-reactive ketones (excluding diaryl/α,β-unsaturated/α-hetero) is 1. The van der Waals surface area contributed by atoms with Gasteiger partial charge in [-0.1, -0.05) is 60.0 Å². The van der Waals surface area contributed by atoms with Gasteiger partial charge in [-0.2, -0.15) is 0 Å². The lowest BCUT2D eigenvalue weighted by molar-refractivity contribution is -0.143. The molecule has 4 aliphatic rings. The Balaban J connectivity index is 1.30. The summed E-state index contributed by atoms with van der Waals surface area (Å²) in [5.74, 6) is -2.45. The molecule has 1 saturated heterocycles. The number of ketones is 1. The third-order valence-corrected chi connectivity index (χ3v) is 11.6. The van der Waals surface area contributed by atoms with Crippen LogP contribution in [0.5, 0.6) is 0 Å². The van der Waals surface area contributed by atoms with E-state index in [0.29, 0.717) is 24.3 Å². The molecule has 4 N–H and O–H groups in total. The molecule has 0 aromatic heterocycles. The molecule has 0 spiro atoms. The van der Waals surface area contributed by atoms with Crippen molar-refractivity contribution in [3.63, 3.8) is 0 Å². The van der Waals surface area contributed by atoms with Crippen molar-refractivity contribution in [2.45, 2.75) is 104 Å². The number of likely N-dealkylation sites (N-methyl/N-ethyl adjacent to an activating group) is 1. The van der Waals surface area contributed by atoms with Crippen molar-refractivity contribution in [2.24, 2.45) is 28.6 Å². The quantitative estimate of drug-likeness (QED) is 0.168. The van der Waals surface area contributed by atoms with Gasteiger partial charge in [0.05, 0.1) is 18.3 Å². The van der Waals surface area contributed by atoms with Crippen molar-refractivity contribution in [1.29, 1.82) is 0 Å². The highest BCUT2D eigenvalue weighted by Gasteiger charge is 2.69. The van der Waals surface area contributed by atoms with Crippen molar-refractivity contribution in [2.75, 3.05) is 38.1 Å². The van der Waals surface area contributed by atoms with E-state index in [-0.39, 0.29) is 41.5 Å². The van der Waals surface area contributed by atoms with Gasteiger partial charge in [0.15, 0.2) is 0 Å². The first kappa shape index (κ1) is 37.2. The van der Waals surface area contributed by atoms with Crippen LogP contribution < -0.4 is 37.0 Å². The zero-order valence-electron chi connectivity index (χ0n) is 30.4. The van der Waals surface area contributed by atoms with Crippen molar-refractivity contribution in [1.82, 2.24) is 26.2 Å². The van der Waals surface area contributed by atoms with Crippen LogP contribution >= 0.6 is 0 Å². The first-order valence-electron chi connectivity index (χ1n) is 18.1. The molecule has 5 rings (SSSR count). The number of carbonyl (C=O) groups excluding carboxylic acids is 5. The molecule has 0 unspecified atom stereocenters. The zero-order valence-corrected chi connectivity index (χ0v) is 30.4. The lowest BCUT2D eigenvalue weighted by atomic mass is 9.83. The number of carbonyl (C=O) groups is 5. The summed E-state index contributed by atoms with van der Waals surface area (Å²) in [6.07, 6.45) is 7.66. The highest BCUT2D eigenvalue weighted by molar-refractivity contribution is 6.37. The molecular weight excluding hydrogens is 640 g/mol. The van der Waals surface area contributed by atoms with Crippen LogP contribution in [0.1, 0.15) is 91.0 Å². The molecular formula is C37H54N6O7. The summed E-state index contributed by atoms with van der Waals surface area (Å²) in [7, 11) is 1.77. The standard InChI is InChI=1S/C37H54N6O7/c1-8-16-38-32(47)23(44)17-39-33(48)29-26-22(37(26,5)6)18-43(29)34(49)27(21-12-10-9-11-13-21)41-35(50)40-24(36(2,3)4)19-42(7)28-25(20-14-15-20)30(45)31(28)46/h8,20-22,24,26-27,29H,1,9-19H2,2-7H3,(H,38,47)(H,39,48)(H2,40,41,50)/t22-,24+,26-,27-,29-/m0/s1. The number of hydrogen-bond donors (Lipinski definition) is 4. The molecule has 1 aliphatic heterocycles. The lowest BCUT2D eigenvalue weighted by Gasteiger charge is -2.38. The van der Waals surface area contributed by atoms with Crippen LogP contribution in [0.2, 0.25) is 0 Å². The summed E-state index contributed by atoms with van der Waals surface area (Å²) < 4.78 is 0. The Hall–Kier alpha value is -4.03. The predicted molar refractivity (Wildman–Crippen MR) is 189 cm³/mol. The Morgan fingerprint density at radius 1 is 0.980 bits per heavy atom. The topological polar surface area (TPSA) is 174 Å². The van der Waals surface area contributed by atoms with Crippen LogP contribution in [0.15, 0.2) is 22.2 Å². The average molecular weight is 695 g/mol. The van der Waals surface area contributed by atoms with Crippen LogP contribution in [0.4, 0.5) is 10.5 Å². The molecule has 4 fully saturated rings. The maximum absolute atomic E-state index is 14.5. The minimum absolute atomic E-state index is 0.0892. The van der Waals surface area contributed by atoms with E-state index in [9.17, 15) is 33.6 Å². The smallest absolute Gasteiger partial charge is 0.315 e. The number of fused-ring (bicyclic) bond motifs is 1. The molecule has 1 aromatic carbocycles. The molecule has 274 valence electrons. The van der Waals surface area contributed by atoms with E-state index in [1.54, 1.807) is 16.8 Å². The van der Waals surface area contributed by atoms with Gasteiger partial charge in [-0.05, 0) is 60.2 Å². The number of urea groups is 1. The second-order valence-corrected chi connectivity index (χ2v) is 16.5. The Kier molecular flexibility index (Phi) is 10.6. The van der Waals surface area contributed by atoms with Gasteiger partial charge in [0.2, 0.25) is 28.5 Å². The highest BCUT2D eigenvalue weighted by atomic mass is 16.2. The summed E-state index contributed by atoms with van der Waals surface area (Å²) in [5, 5.41) is 11.1. The van der Waals surface area contributed by atoms with E-state index in [4.69, 9.17) is 0 Å². The van der Waals surface area contributed by atoms with E-state index in [0.717, 1.165) is 44.9 Å². The maximum atomic E-state index is 14.5. The molecule has 13 nitrogen and oxygen atoms in total. The molecule has 0 bridgehead atoms. The van der Waals surface area contributed by atoms with Gasteiger partial charge < -0.3 is 31.1 Å². The molecule has 1 aromatic rings. The van der Waals surface area contributed by atoms with Gasteiger partial charge in [0.25, 0.3) is 5.91 Å². The highest BCUT2D eigenvalue weighted by Crippen LogP contribution is 2.65. The third-order valence-electron chi connectivity index (χ3n) is 11.6. The van der Waals surface area contributed by atoms with Crippen molar-refractivity contribution in [3.05, 3.63) is 38.7 Å². The van der Waals surface area contributed by atoms with Gasteiger partial charge in [0.1, 0.15) is 12.1 Å². The summed E-state index contributed by atoms with van der Waals surface area (Å²) in [6.45, 7) is 13.8. The van der Waals surface area contributed by atoms with Crippen molar-refractivity contribution >= 4 is 35.2 Å². The first-order valence-corrected chi connectivity index (χ1v) is 18.1. The zero-order chi connectivity index (χ0) is 36.7. The first-order chi connectivity index (χ1) is 23.5.